The minimum atomic E-state index is 0.210. The Morgan fingerprint density at radius 3 is 2.67 bits per heavy atom. The minimum Gasteiger partial charge on any atom is -0.379 e. The van der Waals surface area contributed by atoms with Gasteiger partial charge in [0.25, 0.3) is 0 Å². The summed E-state index contributed by atoms with van der Waals surface area (Å²) >= 11 is 0. The van der Waals surface area contributed by atoms with Crippen molar-refractivity contribution < 1.29 is 9.53 Å². The maximum absolute atomic E-state index is 11.2. The Morgan fingerprint density at radius 2 is 2.25 bits per heavy atom. The van der Waals surface area contributed by atoms with Gasteiger partial charge in [-0.05, 0) is 19.3 Å². The molecule has 2 aliphatic rings. The van der Waals surface area contributed by atoms with Crippen LogP contribution in [0.5, 0.6) is 0 Å². The second-order valence-corrected chi connectivity index (χ2v) is 3.73. The summed E-state index contributed by atoms with van der Waals surface area (Å²) in [5.41, 5.74) is 0. The maximum atomic E-state index is 11.2. The van der Waals surface area contributed by atoms with Gasteiger partial charge in [-0.3, -0.25) is 4.79 Å². The van der Waals surface area contributed by atoms with E-state index >= 15 is 0 Å². The molecule has 2 heterocycles. The van der Waals surface area contributed by atoms with Gasteiger partial charge in [0.05, 0.1) is 12.1 Å². The molecule has 0 radical (unpaired) electrons. The Balaban J connectivity index is 2.14. The van der Waals surface area contributed by atoms with Crippen LogP contribution in [-0.2, 0) is 9.53 Å². The van der Waals surface area contributed by atoms with Crippen LogP contribution in [0.1, 0.15) is 26.2 Å². The van der Waals surface area contributed by atoms with E-state index in [2.05, 4.69) is 0 Å². The first-order valence-corrected chi connectivity index (χ1v) is 4.55. The fraction of sp³-hybridized carbons (Fsp3) is 0.889. The van der Waals surface area contributed by atoms with Gasteiger partial charge in [-0.1, -0.05) is 0 Å². The molecule has 0 saturated carbocycles. The van der Waals surface area contributed by atoms with Crippen LogP contribution in [0.4, 0.5) is 0 Å². The largest absolute Gasteiger partial charge is 0.379 e. The predicted octanol–water partition coefficient (Wildman–Crippen LogP) is 0.785. The fourth-order valence-corrected chi connectivity index (χ4v) is 2.68. The highest BCUT2D eigenvalue weighted by Crippen LogP contribution is 2.38. The van der Waals surface area contributed by atoms with Gasteiger partial charge in [0, 0.05) is 20.1 Å². The second kappa shape index (κ2) is 2.73. The second-order valence-electron chi connectivity index (χ2n) is 3.73. The maximum Gasteiger partial charge on any atom is 0.220 e. The number of carbonyl (C=O) groups is 1. The van der Waals surface area contributed by atoms with Crippen molar-refractivity contribution in [3.63, 3.8) is 0 Å². The summed E-state index contributed by atoms with van der Waals surface area (Å²) in [6.07, 6.45) is 3.64. The van der Waals surface area contributed by atoms with Crippen LogP contribution in [0, 0.1) is 0 Å². The van der Waals surface area contributed by atoms with Gasteiger partial charge in [0.2, 0.25) is 5.91 Å². The van der Waals surface area contributed by atoms with Crippen molar-refractivity contribution in [2.75, 3.05) is 7.11 Å². The fourth-order valence-electron chi connectivity index (χ4n) is 2.68. The van der Waals surface area contributed by atoms with Crippen LogP contribution in [0.3, 0.4) is 0 Å². The van der Waals surface area contributed by atoms with E-state index < -0.39 is 0 Å². The number of fused-ring (bicyclic) bond motifs is 2. The number of rotatable bonds is 1. The van der Waals surface area contributed by atoms with Crippen molar-refractivity contribution >= 4 is 5.91 Å². The monoisotopic (exact) mass is 169 g/mol. The van der Waals surface area contributed by atoms with E-state index in [1.807, 2.05) is 4.90 Å². The van der Waals surface area contributed by atoms with Gasteiger partial charge < -0.3 is 9.64 Å². The molecular weight excluding hydrogens is 154 g/mol. The molecule has 0 N–H and O–H groups in total. The third-order valence-corrected chi connectivity index (χ3v) is 3.15. The topological polar surface area (TPSA) is 29.5 Å². The molecule has 0 aliphatic carbocycles. The highest BCUT2D eigenvalue weighted by Gasteiger charge is 2.47. The Morgan fingerprint density at radius 1 is 1.50 bits per heavy atom. The van der Waals surface area contributed by atoms with Gasteiger partial charge in [0.15, 0.2) is 0 Å². The molecule has 68 valence electrons. The molecule has 0 unspecified atom stereocenters. The zero-order valence-corrected chi connectivity index (χ0v) is 7.62. The smallest absolute Gasteiger partial charge is 0.220 e. The molecule has 2 saturated heterocycles. The summed E-state index contributed by atoms with van der Waals surface area (Å²) in [5.74, 6) is 0.210. The lowest BCUT2D eigenvalue weighted by atomic mass is 9.98. The quantitative estimate of drug-likeness (QED) is 0.580. The third-order valence-electron chi connectivity index (χ3n) is 3.15. The van der Waals surface area contributed by atoms with Crippen molar-refractivity contribution in [2.45, 2.75) is 44.4 Å². The van der Waals surface area contributed by atoms with Crippen molar-refractivity contribution in [3.8, 4) is 0 Å². The Kier molecular flexibility index (Phi) is 1.83. The minimum absolute atomic E-state index is 0.210. The third kappa shape index (κ3) is 0.959. The molecule has 2 rings (SSSR count). The van der Waals surface area contributed by atoms with E-state index in [4.69, 9.17) is 4.74 Å². The van der Waals surface area contributed by atoms with E-state index in [-0.39, 0.29) is 5.91 Å². The van der Waals surface area contributed by atoms with Crippen LogP contribution in [-0.4, -0.2) is 36.1 Å². The van der Waals surface area contributed by atoms with E-state index in [9.17, 15) is 4.79 Å². The molecular formula is C9H15NO2. The molecule has 3 atom stereocenters. The summed E-state index contributed by atoms with van der Waals surface area (Å²) in [4.78, 5) is 13.2. The number of carbonyl (C=O) groups excluding carboxylic acids is 1. The molecule has 3 nitrogen and oxygen atoms in total. The molecule has 0 aromatic carbocycles. The van der Waals surface area contributed by atoms with Crippen molar-refractivity contribution in [1.82, 2.24) is 4.90 Å². The molecule has 2 bridgehead atoms. The first kappa shape index (κ1) is 8.05. The predicted molar refractivity (Wildman–Crippen MR) is 44.7 cm³/mol. The van der Waals surface area contributed by atoms with Crippen molar-refractivity contribution in [3.05, 3.63) is 0 Å². The molecule has 12 heavy (non-hydrogen) atoms. The molecule has 0 spiro atoms. The highest BCUT2D eigenvalue weighted by molar-refractivity contribution is 5.75. The van der Waals surface area contributed by atoms with Crippen molar-refractivity contribution in [2.24, 2.45) is 0 Å². The number of nitrogens with zero attached hydrogens (tertiary/aromatic N) is 1. The van der Waals surface area contributed by atoms with Gasteiger partial charge in [-0.25, -0.2) is 0 Å². The number of ether oxygens (including phenoxy) is 1. The molecule has 1 amide bonds. The van der Waals surface area contributed by atoms with Gasteiger partial charge in [-0.15, -0.1) is 0 Å². The van der Waals surface area contributed by atoms with E-state index in [0.29, 0.717) is 18.2 Å². The van der Waals surface area contributed by atoms with Crippen LogP contribution in [0.15, 0.2) is 0 Å². The van der Waals surface area contributed by atoms with Gasteiger partial charge in [0.1, 0.15) is 0 Å². The van der Waals surface area contributed by atoms with Crippen LogP contribution >= 0.6 is 0 Å². The van der Waals surface area contributed by atoms with Crippen LogP contribution in [0.25, 0.3) is 0 Å². The summed E-state index contributed by atoms with van der Waals surface area (Å²) in [5, 5.41) is 0. The van der Waals surface area contributed by atoms with Gasteiger partial charge in [-0.2, -0.15) is 0 Å². The molecule has 2 aliphatic heterocycles. The van der Waals surface area contributed by atoms with E-state index in [1.54, 1.807) is 14.0 Å². The van der Waals surface area contributed by atoms with Crippen LogP contribution in [0.2, 0.25) is 0 Å². The number of amides is 1. The van der Waals surface area contributed by atoms with Crippen molar-refractivity contribution in [1.29, 1.82) is 0 Å². The van der Waals surface area contributed by atoms with Gasteiger partial charge >= 0.3 is 0 Å². The SMILES string of the molecule is CO[C@H]1C[C@@H]2CC[C@H]1N2C(C)=O. The lowest BCUT2D eigenvalue weighted by Crippen LogP contribution is -2.36. The first-order valence-electron chi connectivity index (χ1n) is 4.55. The molecule has 2 fully saturated rings. The van der Waals surface area contributed by atoms with E-state index in [1.165, 1.54) is 6.42 Å². The highest BCUT2D eigenvalue weighted by atomic mass is 16.5. The average molecular weight is 169 g/mol. The average Bonchev–Trinajstić information content (AvgIpc) is 2.59. The zero-order valence-electron chi connectivity index (χ0n) is 7.62. The Labute approximate surface area is 72.7 Å². The lowest BCUT2D eigenvalue weighted by molar-refractivity contribution is -0.130. The molecule has 0 aromatic rings. The zero-order chi connectivity index (χ0) is 8.72. The van der Waals surface area contributed by atoms with Crippen LogP contribution < -0.4 is 0 Å². The number of hydrogen-bond acceptors (Lipinski definition) is 2. The first-order chi connectivity index (χ1) is 5.74. The summed E-state index contributed by atoms with van der Waals surface area (Å²) in [6, 6.07) is 0.843. The normalized spacial score (nSPS) is 39.2. The number of hydrogen-bond donors (Lipinski definition) is 0. The standard InChI is InChI=1S/C9H15NO2/c1-6(11)10-7-3-4-8(10)9(5-7)12-2/h7-9H,3-5H2,1-2H3/t7-,8+,9-/m0/s1. The molecule has 0 aromatic heterocycles. The lowest BCUT2D eigenvalue weighted by Gasteiger charge is -2.21. The molecule has 3 heteroatoms. The van der Waals surface area contributed by atoms with E-state index in [0.717, 1.165) is 12.8 Å². The summed E-state index contributed by atoms with van der Waals surface area (Å²) in [7, 11) is 1.74. The Hall–Kier alpha value is -0.570. The Bertz CT molecular complexity index is 205. The summed E-state index contributed by atoms with van der Waals surface area (Å²) < 4.78 is 5.33. The summed E-state index contributed by atoms with van der Waals surface area (Å²) in [6.45, 7) is 1.66. The number of methoxy groups -OCH3 is 1.